The van der Waals surface area contributed by atoms with Crippen molar-refractivity contribution >= 4 is 51.5 Å². The second-order valence-electron chi connectivity index (χ2n) is 9.39. The van der Waals surface area contributed by atoms with Gasteiger partial charge in [0.05, 0.1) is 23.0 Å². The smallest absolute Gasteiger partial charge is 0.343 e. The average molecular weight is 605 g/mol. The van der Waals surface area contributed by atoms with Crippen LogP contribution in [-0.2, 0) is 9.59 Å². The molecule has 3 aromatic carbocycles. The Bertz CT molecular complexity index is 1450. The van der Waals surface area contributed by atoms with E-state index in [1.54, 1.807) is 54.6 Å². The third-order valence-corrected chi connectivity index (χ3v) is 6.97. The molecule has 0 spiro atoms. The molecule has 1 aliphatic carbocycles. The Morgan fingerprint density at radius 1 is 0.900 bits per heavy atom. The molecule has 206 valence electrons. The van der Waals surface area contributed by atoms with Crippen molar-refractivity contribution in [3.63, 3.8) is 0 Å². The minimum atomic E-state index is -1.04. The van der Waals surface area contributed by atoms with Gasteiger partial charge in [-0.1, -0.05) is 65.5 Å². The molecule has 9 nitrogen and oxygen atoms in total. The Morgan fingerprint density at radius 3 is 2.35 bits per heavy atom. The molecule has 1 saturated carbocycles. The molecule has 1 aliphatic rings. The van der Waals surface area contributed by atoms with Crippen LogP contribution in [0.15, 0.2) is 76.3 Å². The first-order valence-corrected chi connectivity index (χ1v) is 13.7. The third-order valence-electron chi connectivity index (χ3n) is 6.48. The van der Waals surface area contributed by atoms with Crippen LogP contribution in [0.4, 0.5) is 5.69 Å². The number of ether oxygens (including phenoxy) is 1. The highest BCUT2D eigenvalue weighted by atomic mass is 79.9. The lowest BCUT2D eigenvalue weighted by molar-refractivity contribution is -0.136. The summed E-state index contributed by atoms with van der Waals surface area (Å²) in [6.07, 6.45) is 6.41. The SMILES string of the molecule is Cc1ccccc1C(=O)Oc1ccc(Br)cc1/C=N/NC(=O)C(=O)Nc1ccccc1C(=O)NC1CCCCC1. The number of nitrogens with one attached hydrogen (secondary N) is 3. The van der Waals surface area contributed by atoms with Crippen molar-refractivity contribution in [3.05, 3.63) is 93.5 Å². The largest absolute Gasteiger partial charge is 0.422 e. The van der Waals surface area contributed by atoms with Gasteiger partial charge in [0, 0.05) is 16.1 Å². The normalized spacial score (nSPS) is 13.4. The van der Waals surface area contributed by atoms with E-state index in [1.165, 1.54) is 6.21 Å². The van der Waals surface area contributed by atoms with Gasteiger partial charge in [0.15, 0.2) is 0 Å². The van der Waals surface area contributed by atoms with Crippen molar-refractivity contribution in [2.75, 3.05) is 5.32 Å². The summed E-state index contributed by atoms with van der Waals surface area (Å²) in [6.45, 7) is 1.81. The van der Waals surface area contributed by atoms with Gasteiger partial charge in [-0.15, -0.1) is 0 Å². The number of nitrogens with zero attached hydrogens (tertiary/aromatic N) is 1. The summed E-state index contributed by atoms with van der Waals surface area (Å²) < 4.78 is 6.25. The van der Waals surface area contributed by atoms with E-state index >= 15 is 0 Å². The Balaban J connectivity index is 1.39. The van der Waals surface area contributed by atoms with Crippen molar-refractivity contribution in [2.24, 2.45) is 5.10 Å². The van der Waals surface area contributed by atoms with Crippen molar-refractivity contribution < 1.29 is 23.9 Å². The first-order valence-electron chi connectivity index (χ1n) is 12.9. The zero-order valence-corrected chi connectivity index (χ0v) is 23.5. The summed E-state index contributed by atoms with van der Waals surface area (Å²) in [5.74, 6) is -2.65. The Kier molecular flexibility index (Phi) is 9.80. The van der Waals surface area contributed by atoms with Crippen LogP contribution in [0.3, 0.4) is 0 Å². The molecule has 0 saturated heterocycles. The molecule has 0 aliphatic heterocycles. The van der Waals surface area contributed by atoms with Crippen LogP contribution in [0, 0.1) is 6.92 Å². The molecule has 3 N–H and O–H groups in total. The van der Waals surface area contributed by atoms with E-state index in [-0.39, 0.29) is 28.9 Å². The number of hydrogen-bond acceptors (Lipinski definition) is 6. The molecule has 0 aromatic heterocycles. The molecule has 0 bridgehead atoms. The van der Waals surface area contributed by atoms with E-state index in [9.17, 15) is 19.2 Å². The minimum absolute atomic E-state index is 0.0987. The van der Waals surface area contributed by atoms with Gasteiger partial charge in [-0.2, -0.15) is 5.10 Å². The lowest BCUT2D eigenvalue weighted by Gasteiger charge is -2.23. The van der Waals surface area contributed by atoms with Gasteiger partial charge in [0.2, 0.25) is 0 Å². The highest BCUT2D eigenvalue weighted by molar-refractivity contribution is 9.10. The monoisotopic (exact) mass is 604 g/mol. The van der Waals surface area contributed by atoms with Crippen molar-refractivity contribution in [1.29, 1.82) is 0 Å². The lowest BCUT2D eigenvalue weighted by atomic mass is 9.95. The molecule has 3 amide bonds. The number of anilines is 1. The number of aryl methyl sites for hydroxylation is 1. The quantitative estimate of drug-likeness (QED) is 0.113. The third kappa shape index (κ3) is 7.63. The predicted molar refractivity (Wildman–Crippen MR) is 155 cm³/mol. The van der Waals surface area contributed by atoms with E-state index in [4.69, 9.17) is 4.74 Å². The number of halogens is 1. The summed E-state index contributed by atoms with van der Waals surface area (Å²) in [5.41, 5.74) is 4.24. The molecule has 0 unspecified atom stereocenters. The summed E-state index contributed by atoms with van der Waals surface area (Å²) in [6, 6.07) is 18.6. The van der Waals surface area contributed by atoms with Crippen LogP contribution in [0.1, 0.15) is 63.9 Å². The van der Waals surface area contributed by atoms with Crippen LogP contribution in [0.5, 0.6) is 5.75 Å². The van der Waals surface area contributed by atoms with Gasteiger partial charge in [0.1, 0.15) is 5.75 Å². The average Bonchev–Trinajstić information content (AvgIpc) is 2.95. The first kappa shape index (κ1) is 28.7. The molecule has 0 heterocycles. The maximum absolute atomic E-state index is 12.8. The molecule has 10 heteroatoms. The Labute approximate surface area is 240 Å². The van der Waals surface area contributed by atoms with Crippen molar-refractivity contribution in [3.8, 4) is 5.75 Å². The molecule has 1 fully saturated rings. The van der Waals surface area contributed by atoms with Gasteiger partial charge in [-0.3, -0.25) is 14.4 Å². The maximum Gasteiger partial charge on any atom is 0.343 e. The number of esters is 1. The van der Waals surface area contributed by atoms with Gasteiger partial charge in [-0.25, -0.2) is 10.2 Å². The van der Waals surface area contributed by atoms with Gasteiger partial charge < -0.3 is 15.4 Å². The van der Waals surface area contributed by atoms with Crippen LogP contribution in [0.2, 0.25) is 0 Å². The van der Waals surface area contributed by atoms with E-state index in [2.05, 4.69) is 37.1 Å². The standard InChI is InChI=1S/C30H29BrN4O5/c1-19-9-5-6-12-23(19)30(39)40-26-16-15-21(31)17-20(26)18-32-35-29(38)28(37)34-25-14-8-7-13-24(25)27(36)33-22-10-3-2-4-11-22/h5-9,12-18,22H,2-4,10-11H2,1H3,(H,33,36)(H,34,37)(H,35,38)/b32-18+. The molecule has 3 aromatic rings. The van der Waals surface area contributed by atoms with E-state index < -0.39 is 17.8 Å². The maximum atomic E-state index is 12.8. The van der Waals surface area contributed by atoms with Crippen molar-refractivity contribution in [1.82, 2.24) is 10.7 Å². The van der Waals surface area contributed by atoms with Crippen molar-refractivity contribution in [2.45, 2.75) is 45.1 Å². The second-order valence-corrected chi connectivity index (χ2v) is 10.3. The fourth-order valence-electron chi connectivity index (χ4n) is 4.36. The highest BCUT2D eigenvalue weighted by Crippen LogP contribution is 2.24. The Hall–Kier alpha value is -4.31. The number of hydrogen-bond donors (Lipinski definition) is 3. The first-order chi connectivity index (χ1) is 19.3. The number of benzene rings is 3. The number of amides is 3. The molecular weight excluding hydrogens is 576 g/mol. The van der Waals surface area contributed by atoms with Crippen LogP contribution in [-0.4, -0.2) is 35.9 Å². The van der Waals surface area contributed by atoms with E-state index in [0.717, 1.165) is 37.7 Å². The number of hydrazone groups is 1. The molecule has 0 atom stereocenters. The van der Waals surface area contributed by atoms with Gasteiger partial charge in [-0.05, 0) is 61.7 Å². The van der Waals surface area contributed by atoms with Crippen LogP contribution < -0.4 is 20.8 Å². The topological polar surface area (TPSA) is 126 Å². The molecule has 4 rings (SSSR count). The molecule has 40 heavy (non-hydrogen) atoms. The number of rotatable bonds is 7. The zero-order valence-electron chi connectivity index (χ0n) is 21.9. The summed E-state index contributed by atoms with van der Waals surface area (Å²) in [5, 5.41) is 9.36. The lowest BCUT2D eigenvalue weighted by Crippen LogP contribution is -2.37. The fraction of sp³-hybridized carbons (Fsp3) is 0.233. The van der Waals surface area contributed by atoms with Crippen LogP contribution in [0.25, 0.3) is 0 Å². The molecular formula is C30H29BrN4O5. The number of para-hydroxylation sites is 1. The predicted octanol–water partition coefficient (Wildman–Crippen LogP) is 5.13. The van der Waals surface area contributed by atoms with E-state index in [0.29, 0.717) is 15.6 Å². The highest BCUT2D eigenvalue weighted by Gasteiger charge is 2.21. The zero-order chi connectivity index (χ0) is 28.5. The number of carbonyl (C=O) groups is 4. The van der Waals surface area contributed by atoms with Crippen LogP contribution >= 0.6 is 15.9 Å². The minimum Gasteiger partial charge on any atom is -0.422 e. The summed E-state index contributed by atoms with van der Waals surface area (Å²) in [7, 11) is 0. The number of carbonyl (C=O) groups excluding carboxylic acids is 4. The Morgan fingerprint density at radius 2 is 1.60 bits per heavy atom. The summed E-state index contributed by atoms with van der Waals surface area (Å²) >= 11 is 3.36. The van der Waals surface area contributed by atoms with Gasteiger partial charge >= 0.3 is 17.8 Å². The fourth-order valence-corrected chi connectivity index (χ4v) is 4.74. The summed E-state index contributed by atoms with van der Waals surface area (Å²) in [4.78, 5) is 50.5. The second kappa shape index (κ2) is 13.7. The van der Waals surface area contributed by atoms with E-state index in [1.807, 2.05) is 19.1 Å². The van der Waals surface area contributed by atoms with Gasteiger partial charge in [0.25, 0.3) is 5.91 Å². The molecule has 0 radical (unpaired) electrons.